The van der Waals surface area contributed by atoms with E-state index >= 15 is 0 Å². The Kier molecular flexibility index (Phi) is 3.57. The molecule has 0 saturated heterocycles. The van der Waals surface area contributed by atoms with Crippen molar-refractivity contribution >= 4 is 0 Å². The van der Waals surface area contributed by atoms with E-state index in [0.29, 0.717) is 6.61 Å². The molecule has 3 nitrogen and oxygen atoms in total. The van der Waals surface area contributed by atoms with Gasteiger partial charge in [-0.15, -0.1) is 0 Å². The Morgan fingerprint density at radius 3 is 2.58 bits per heavy atom. The summed E-state index contributed by atoms with van der Waals surface area (Å²) in [5.41, 5.74) is 0. The number of hydrogen-bond acceptors (Lipinski definition) is 3. The average Bonchev–Trinajstić information content (AvgIpc) is 2.05. The SMILES string of the molecule is CN(N)CCOc1ccccc1. The van der Waals surface area contributed by atoms with Gasteiger partial charge < -0.3 is 4.74 Å². The molecule has 3 heteroatoms. The largest absolute Gasteiger partial charge is 0.492 e. The highest BCUT2D eigenvalue weighted by molar-refractivity contribution is 5.20. The molecule has 2 N–H and O–H groups in total. The molecule has 0 aromatic heterocycles. The minimum atomic E-state index is 0.622. The molecular formula is C9H14N2O. The van der Waals surface area contributed by atoms with E-state index in [1.807, 2.05) is 37.4 Å². The summed E-state index contributed by atoms with van der Waals surface area (Å²) in [4.78, 5) is 0. The molecule has 0 radical (unpaired) electrons. The highest BCUT2D eigenvalue weighted by atomic mass is 16.5. The Labute approximate surface area is 72.7 Å². The van der Waals surface area contributed by atoms with Crippen LogP contribution in [0.25, 0.3) is 0 Å². The lowest BCUT2D eigenvalue weighted by Gasteiger charge is -2.10. The lowest BCUT2D eigenvalue weighted by molar-refractivity contribution is 0.241. The summed E-state index contributed by atoms with van der Waals surface area (Å²) in [6, 6.07) is 9.71. The van der Waals surface area contributed by atoms with Crippen LogP contribution in [0, 0.1) is 0 Å². The van der Waals surface area contributed by atoms with Gasteiger partial charge in [-0.05, 0) is 12.1 Å². The number of likely N-dealkylation sites (N-methyl/N-ethyl adjacent to an activating group) is 1. The summed E-state index contributed by atoms with van der Waals surface area (Å²) < 4.78 is 5.40. The van der Waals surface area contributed by atoms with Crippen molar-refractivity contribution in [1.29, 1.82) is 0 Å². The standard InChI is InChI=1S/C9H14N2O/c1-11(10)7-8-12-9-5-3-2-4-6-9/h2-6H,7-8,10H2,1H3. The molecule has 1 aromatic carbocycles. The van der Waals surface area contributed by atoms with E-state index in [1.54, 1.807) is 5.01 Å². The van der Waals surface area contributed by atoms with Gasteiger partial charge in [0, 0.05) is 13.6 Å². The molecule has 0 atom stereocenters. The minimum absolute atomic E-state index is 0.622. The molecule has 0 unspecified atom stereocenters. The highest BCUT2D eigenvalue weighted by Crippen LogP contribution is 2.07. The lowest BCUT2D eigenvalue weighted by Crippen LogP contribution is -2.30. The van der Waals surface area contributed by atoms with E-state index in [4.69, 9.17) is 10.6 Å². The molecule has 0 fully saturated rings. The number of benzene rings is 1. The maximum Gasteiger partial charge on any atom is 0.119 e. The smallest absolute Gasteiger partial charge is 0.119 e. The number of hydrazine groups is 1. The van der Waals surface area contributed by atoms with Gasteiger partial charge >= 0.3 is 0 Å². The van der Waals surface area contributed by atoms with E-state index in [-0.39, 0.29) is 0 Å². The summed E-state index contributed by atoms with van der Waals surface area (Å²) in [5.74, 6) is 6.30. The molecule has 0 aliphatic heterocycles. The Morgan fingerprint density at radius 2 is 2.00 bits per heavy atom. The average molecular weight is 166 g/mol. The minimum Gasteiger partial charge on any atom is -0.492 e. The van der Waals surface area contributed by atoms with Gasteiger partial charge in [0.15, 0.2) is 0 Å². The number of para-hydroxylation sites is 1. The predicted octanol–water partition coefficient (Wildman–Crippen LogP) is 0.871. The third kappa shape index (κ3) is 3.37. The van der Waals surface area contributed by atoms with Crippen molar-refractivity contribution in [3.05, 3.63) is 30.3 Å². The first kappa shape index (κ1) is 9.03. The summed E-state index contributed by atoms with van der Waals surface area (Å²) in [6.45, 7) is 1.35. The molecular weight excluding hydrogens is 152 g/mol. The Hall–Kier alpha value is -1.06. The predicted molar refractivity (Wildman–Crippen MR) is 48.8 cm³/mol. The number of ether oxygens (including phenoxy) is 1. The van der Waals surface area contributed by atoms with Gasteiger partial charge in [0.05, 0.1) is 0 Å². The molecule has 66 valence electrons. The van der Waals surface area contributed by atoms with Gasteiger partial charge in [0.1, 0.15) is 12.4 Å². The zero-order chi connectivity index (χ0) is 8.81. The Balaban J connectivity index is 2.25. The van der Waals surface area contributed by atoms with Crippen LogP contribution in [0.1, 0.15) is 0 Å². The lowest BCUT2D eigenvalue weighted by atomic mass is 10.3. The second-order valence-electron chi connectivity index (χ2n) is 2.64. The first-order chi connectivity index (χ1) is 5.79. The van der Waals surface area contributed by atoms with E-state index in [1.165, 1.54) is 0 Å². The second kappa shape index (κ2) is 4.74. The molecule has 0 heterocycles. The van der Waals surface area contributed by atoms with Crippen LogP contribution in [-0.2, 0) is 0 Å². The topological polar surface area (TPSA) is 38.5 Å². The zero-order valence-electron chi connectivity index (χ0n) is 7.23. The molecule has 0 amide bonds. The van der Waals surface area contributed by atoms with Crippen molar-refractivity contribution in [2.75, 3.05) is 20.2 Å². The van der Waals surface area contributed by atoms with E-state index < -0.39 is 0 Å². The first-order valence-electron chi connectivity index (χ1n) is 3.93. The van der Waals surface area contributed by atoms with Crippen molar-refractivity contribution in [2.45, 2.75) is 0 Å². The van der Waals surface area contributed by atoms with Gasteiger partial charge in [-0.3, -0.25) is 5.84 Å². The second-order valence-corrected chi connectivity index (χ2v) is 2.64. The normalized spacial score (nSPS) is 10.2. The summed E-state index contributed by atoms with van der Waals surface area (Å²) >= 11 is 0. The fourth-order valence-corrected chi connectivity index (χ4v) is 0.824. The Bertz CT molecular complexity index is 211. The quantitative estimate of drug-likeness (QED) is 0.533. The molecule has 1 aromatic rings. The first-order valence-corrected chi connectivity index (χ1v) is 3.93. The molecule has 0 aliphatic rings. The van der Waals surface area contributed by atoms with Crippen molar-refractivity contribution in [1.82, 2.24) is 5.01 Å². The summed E-state index contributed by atoms with van der Waals surface area (Å²) in [5, 5.41) is 1.60. The number of rotatable bonds is 4. The van der Waals surface area contributed by atoms with Gasteiger partial charge in [-0.1, -0.05) is 18.2 Å². The van der Waals surface area contributed by atoms with Crippen molar-refractivity contribution in [3.63, 3.8) is 0 Å². The van der Waals surface area contributed by atoms with Crippen LogP contribution < -0.4 is 10.6 Å². The molecule has 0 bridgehead atoms. The maximum absolute atomic E-state index is 5.41. The van der Waals surface area contributed by atoms with Crippen molar-refractivity contribution in [3.8, 4) is 5.75 Å². The van der Waals surface area contributed by atoms with Gasteiger partial charge in [0.2, 0.25) is 0 Å². The van der Waals surface area contributed by atoms with Gasteiger partial charge in [-0.2, -0.15) is 0 Å². The van der Waals surface area contributed by atoms with Crippen LogP contribution in [0.3, 0.4) is 0 Å². The molecule has 1 rings (SSSR count). The fourth-order valence-electron chi connectivity index (χ4n) is 0.824. The monoisotopic (exact) mass is 166 g/mol. The molecule has 0 aliphatic carbocycles. The maximum atomic E-state index is 5.41. The number of nitrogens with zero attached hydrogens (tertiary/aromatic N) is 1. The van der Waals surface area contributed by atoms with Crippen LogP contribution in [0.2, 0.25) is 0 Å². The molecule has 0 spiro atoms. The Morgan fingerprint density at radius 1 is 1.33 bits per heavy atom. The van der Waals surface area contributed by atoms with Crippen LogP contribution in [0.5, 0.6) is 5.75 Å². The van der Waals surface area contributed by atoms with Crippen LogP contribution in [0.4, 0.5) is 0 Å². The van der Waals surface area contributed by atoms with Crippen LogP contribution in [-0.4, -0.2) is 25.2 Å². The number of hydrogen-bond donors (Lipinski definition) is 1. The van der Waals surface area contributed by atoms with Crippen LogP contribution >= 0.6 is 0 Å². The number of nitrogens with two attached hydrogens (primary N) is 1. The fraction of sp³-hybridized carbons (Fsp3) is 0.333. The summed E-state index contributed by atoms with van der Waals surface area (Å²) in [6.07, 6.45) is 0. The van der Waals surface area contributed by atoms with Gasteiger partial charge in [0.25, 0.3) is 0 Å². The molecule has 0 saturated carbocycles. The van der Waals surface area contributed by atoms with E-state index in [0.717, 1.165) is 12.3 Å². The van der Waals surface area contributed by atoms with E-state index in [9.17, 15) is 0 Å². The van der Waals surface area contributed by atoms with Crippen LogP contribution in [0.15, 0.2) is 30.3 Å². The van der Waals surface area contributed by atoms with Gasteiger partial charge in [-0.25, -0.2) is 5.01 Å². The third-order valence-electron chi connectivity index (χ3n) is 1.46. The highest BCUT2D eigenvalue weighted by Gasteiger charge is 1.92. The zero-order valence-corrected chi connectivity index (χ0v) is 7.23. The third-order valence-corrected chi connectivity index (χ3v) is 1.46. The molecule has 12 heavy (non-hydrogen) atoms. The van der Waals surface area contributed by atoms with Crippen molar-refractivity contribution < 1.29 is 4.74 Å². The van der Waals surface area contributed by atoms with E-state index in [2.05, 4.69) is 0 Å². The van der Waals surface area contributed by atoms with Crippen molar-refractivity contribution in [2.24, 2.45) is 5.84 Å². The summed E-state index contributed by atoms with van der Waals surface area (Å²) in [7, 11) is 1.81.